The summed E-state index contributed by atoms with van der Waals surface area (Å²) in [6.45, 7) is 5.83. The van der Waals surface area contributed by atoms with E-state index in [0.717, 1.165) is 71.6 Å². The number of hydrogen-bond acceptors (Lipinski definition) is 6. The third-order valence-corrected chi connectivity index (χ3v) is 6.95. The lowest BCUT2D eigenvalue weighted by Gasteiger charge is -2.28. The summed E-state index contributed by atoms with van der Waals surface area (Å²) in [4.78, 5) is 11.4. The van der Waals surface area contributed by atoms with Crippen LogP contribution in [-0.2, 0) is 4.79 Å². The van der Waals surface area contributed by atoms with Gasteiger partial charge in [-0.3, -0.25) is 4.79 Å². The molecule has 3 aromatic rings. The first-order valence-corrected chi connectivity index (χ1v) is 12.6. The Kier molecular flexibility index (Phi) is 6.55. The van der Waals surface area contributed by atoms with E-state index in [1.165, 1.54) is 0 Å². The fourth-order valence-electron chi connectivity index (χ4n) is 5.26. The van der Waals surface area contributed by atoms with Crippen LogP contribution in [0.4, 0.5) is 5.69 Å². The number of nitriles is 1. The zero-order valence-corrected chi connectivity index (χ0v) is 21.0. The molecule has 0 radical (unpaired) electrons. The first kappa shape index (κ1) is 23.7. The van der Waals surface area contributed by atoms with Gasteiger partial charge in [0.1, 0.15) is 6.07 Å². The second-order valence-corrected chi connectivity index (χ2v) is 10.0. The van der Waals surface area contributed by atoms with Crippen molar-refractivity contribution in [2.75, 3.05) is 5.32 Å². The van der Waals surface area contributed by atoms with Crippen LogP contribution in [0.1, 0.15) is 64.0 Å². The maximum Gasteiger partial charge on any atom is 0.217 e. The van der Waals surface area contributed by atoms with Gasteiger partial charge in [0.2, 0.25) is 5.91 Å². The molecule has 1 aliphatic heterocycles. The largest absolute Gasteiger partial charge is 0.382 e. The van der Waals surface area contributed by atoms with E-state index in [1.807, 2.05) is 22.7 Å². The number of amides is 1. The summed E-state index contributed by atoms with van der Waals surface area (Å²) in [5.74, 6) is 0.472. The van der Waals surface area contributed by atoms with Crippen LogP contribution in [0.15, 0.2) is 52.8 Å². The molecule has 36 heavy (non-hydrogen) atoms. The second kappa shape index (κ2) is 9.94. The molecule has 184 valence electrons. The Morgan fingerprint density at radius 2 is 1.92 bits per heavy atom. The van der Waals surface area contributed by atoms with Gasteiger partial charge in [-0.15, -0.1) is 0 Å². The Morgan fingerprint density at radius 1 is 1.11 bits per heavy atom. The molecule has 0 saturated heterocycles. The van der Waals surface area contributed by atoms with Gasteiger partial charge < -0.3 is 10.6 Å². The Labute approximate surface area is 211 Å². The summed E-state index contributed by atoms with van der Waals surface area (Å²) >= 11 is 0. The summed E-state index contributed by atoms with van der Waals surface area (Å²) in [5.41, 5.74) is 7.67. The smallest absolute Gasteiger partial charge is 0.217 e. The van der Waals surface area contributed by atoms with Gasteiger partial charge in [-0.1, -0.05) is 12.1 Å². The Hall–Kier alpha value is -3.99. The summed E-state index contributed by atoms with van der Waals surface area (Å²) in [5, 5.41) is 29.5. The summed E-state index contributed by atoms with van der Waals surface area (Å²) in [6, 6.07) is 14.9. The van der Waals surface area contributed by atoms with E-state index in [9.17, 15) is 10.1 Å². The lowest BCUT2D eigenvalue weighted by atomic mass is 9.81. The molecule has 0 unspecified atom stereocenters. The van der Waals surface area contributed by atoms with Crippen LogP contribution in [0, 0.1) is 17.2 Å². The first-order valence-electron chi connectivity index (χ1n) is 12.6. The lowest BCUT2D eigenvalue weighted by Crippen LogP contribution is -2.37. The molecule has 1 amide bonds. The maximum atomic E-state index is 11.4. The van der Waals surface area contributed by atoms with Crippen LogP contribution in [-0.4, -0.2) is 39.0 Å². The molecule has 8 heteroatoms. The molecule has 1 saturated carbocycles. The quantitative estimate of drug-likeness (QED) is 0.520. The number of hydrogen-bond donors (Lipinski definition) is 2. The van der Waals surface area contributed by atoms with Crippen molar-refractivity contribution < 1.29 is 4.79 Å². The predicted octanol–water partition coefficient (Wildman–Crippen LogP) is 4.94. The van der Waals surface area contributed by atoms with Crippen LogP contribution in [0.5, 0.6) is 0 Å². The molecule has 5 rings (SSSR count). The van der Waals surface area contributed by atoms with Gasteiger partial charge in [-0.05, 0) is 69.7 Å². The van der Waals surface area contributed by atoms with Gasteiger partial charge >= 0.3 is 0 Å². The fourth-order valence-corrected chi connectivity index (χ4v) is 5.26. The molecule has 2 N–H and O–H groups in total. The van der Waals surface area contributed by atoms with Crippen molar-refractivity contribution in [3.63, 3.8) is 0 Å². The molecule has 2 aromatic heterocycles. The molecule has 8 nitrogen and oxygen atoms in total. The highest BCUT2D eigenvalue weighted by Crippen LogP contribution is 2.33. The van der Waals surface area contributed by atoms with Gasteiger partial charge in [-0.2, -0.15) is 20.6 Å². The molecule has 1 aromatic carbocycles. The van der Waals surface area contributed by atoms with Crippen LogP contribution < -0.4 is 10.6 Å². The van der Waals surface area contributed by atoms with Gasteiger partial charge in [0.15, 0.2) is 0 Å². The Bertz CT molecular complexity index is 1400. The van der Waals surface area contributed by atoms with Crippen LogP contribution in [0.2, 0.25) is 0 Å². The van der Waals surface area contributed by atoms with Gasteiger partial charge in [0, 0.05) is 48.0 Å². The minimum atomic E-state index is 0.0479. The number of fused-ring (bicyclic) bond motifs is 1. The minimum Gasteiger partial charge on any atom is -0.382 e. The number of nitrogens with one attached hydrogen (secondary N) is 2. The van der Waals surface area contributed by atoms with Gasteiger partial charge in [0.05, 0.1) is 28.7 Å². The molecular formula is C28H31N7O. The van der Waals surface area contributed by atoms with Gasteiger partial charge in [-0.25, -0.2) is 4.52 Å². The fraction of sp³-hybridized carbons (Fsp3) is 0.393. The summed E-state index contributed by atoms with van der Waals surface area (Å²) < 4.78 is 1.86. The highest BCUT2D eigenvalue weighted by Gasteiger charge is 2.29. The topological polar surface area (TPSA) is 107 Å². The molecular weight excluding hydrogens is 450 g/mol. The molecule has 0 spiro atoms. The van der Waals surface area contributed by atoms with Crippen molar-refractivity contribution in [2.24, 2.45) is 16.1 Å². The Morgan fingerprint density at radius 3 is 2.64 bits per heavy atom. The minimum absolute atomic E-state index is 0.0479. The highest BCUT2D eigenvalue weighted by atomic mass is 16.1. The van der Waals surface area contributed by atoms with Crippen molar-refractivity contribution in [1.82, 2.24) is 14.9 Å². The Balaban J connectivity index is 1.36. The number of benzene rings is 1. The number of aromatic nitrogens is 2. The summed E-state index contributed by atoms with van der Waals surface area (Å²) in [7, 11) is 0. The number of carbonyl (C=O) groups is 1. The predicted molar refractivity (Wildman–Crippen MR) is 142 cm³/mol. The van der Waals surface area contributed by atoms with E-state index in [-0.39, 0.29) is 18.0 Å². The highest BCUT2D eigenvalue weighted by molar-refractivity contribution is 6.18. The zero-order valence-electron chi connectivity index (χ0n) is 21.0. The molecule has 2 aliphatic rings. The van der Waals surface area contributed by atoms with Crippen molar-refractivity contribution in [1.29, 1.82) is 5.26 Å². The van der Waals surface area contributed by atoms with E-state index in [4.69, 9.17) is 0 Å². The number of carbonyl (C=O) groups excluding carboxylic acids is 1. The monoisotopic (exact) mass is 481 g/mol. The average Bonchev–Trinajstić information content (AvgIpc) is 3.51. The average molecular weight is 482 g/mol. The van der Waals surface area contributed by atoms with Crippen molar-refractivity contribution >= 4 is 28.5 Å². The van der Waals surface area contributed by atoms with Crippen LogP contribution in [0.3, 0.4) is 0 Å². The number of nitrogens with zero attached hydrogens (tertiary/aromatic N) is 5. The van der Waals surface area contributed by atoms with Crippen molar-refractivity contribution in [3.05, 3.63) is 53.7 Å². The van der Waals surface area contributed by atoms with E-state index >= 15 is 0 Å². The first-order chi connectivity index (χ1) is 17.4. The number of rotatable bonds is 6. The molecule has 3 heterocycles. The third kappa shape index (κ3) is 4.87. The molecule has 0 bridgehead atoms. The van der Waals surface area contributed by atoms with E-state index in [1.54, 1.807) is 13.1 Å². The lowest BCUT2D eigenvalue weighted by molar-refractivity contribution is -0.119. The van der Waals surface area contributed by atoms with Gasteiger partial charge in [0.25, 0.3) is 0 Å². The van der Waals surface area contributed by atoms with Crippen LogP contribution in [0.25, 0.3) is 16.8 Å². The SMILES string of the molecule is CC(=O)NC1CCC(C2=NN=C(c3ccc(-c4ccc5cc(C#N)cnn45)cc3NC(C)C)C2)CC1. The second-order valence-electron chi connectivity index (χ2n) is 10.0. The number of anilines is 1. The summed E-state index contributed by atoms with van der Waals surface area (Å²) in [6.07, 6.45) is 6.39. The van der Waals surface area contributed by atoms with E-state index in [2.05, 4.69) is 64.1 Å². The maximum absolute atomic E-state index is 11.4. The van der Waals surface area contributed by atoms with Crippen molar-refractivity contribution in [2.45, 2.75) is 65.0 Å². The molecule has 0 atom stereocenters. The van der Waals surface area contributed by atoms with E-state index in [0.29, 0.717) is 11.5 Å². The third-order valence-electron chi connectivity index (χ3n) is 6.95. The standard InChI is InChI=1S/C28H31N7O/c1-17(2)31-26-13-21(28-11-9-23-12-19(15-29)16-30-35(23)28)6-10-24(26)27-14-25(33-34-27)20-4-7-22(8-5-20)32-18(3)36/h6,9-13,16-17,20,22,31H,4-5,7-8,14H2,1-3H3,(H,32,36). The molecule has 1 aliphatic carbocycles. The molecule has 1 fully saturated rings. The zero-order chi connectivity index (χ0) is 25.2. The normalized spacial score (nSPS) is 19.6. The van der Waals surface area contributed by atoms with Crippen LogP contribution >= 0.6 is 0 Å². The van der Waals surface area contributed by atoms with Crippen molar-refractivity contribution in [3.8, 4) is 17.3 Å². The van der Waals surface area contributed by atoms with E-state index < -0.39 is 0 Å².